The number of aryl methyl sites for hydroxylation is 2. The number of anilines is 2. The van der Waals surface area contributed by atoms with Gasteiger partial charge in [0.1, 0.15) is 5.71 Å². The molecular weight excluding hydrogens is 1310 g/mol. The number of hydrogen-bond donors (Lipinski definition) is 1. The molecule has 5 heterocycles. The molecule has 3 aliphatic rings. The van der Waals surface area contributed by atoms with Gasteiger partial charge in [0.15, 0.2) is 34.6 Å². The molecule has 7 aromatic carbocycles. The molecule has 0 aliphatic carbocycles. The minimum atomic E-state index is -4.69. The summed E-state index contributed by atoms with van der Waals surface area (Å²) in [6.07, 6.45) is -3.74. The second kappa shape index (κ2) is 29.7. The Morgan fingerprint density at radius 2 is 1.32 bits per heavy atom. The number of fused-ring (bicyclic) bond motifs is 2. The summed E-state index contributed by atoms with van der Waals surface area (Å²) in [4.78, 5) is 36.2. The van der Waals surface area contributed by atoms with Gasteiger partial charge in [-0.15, -0.1) is 24.9 Å². The van der Waals surface area contributed by atoms with E-state index in [1.807, 2.05) is 88.4 Å². The first-order valence-electron chi connectivity index (χ1n) is 32.0. The Balaban J connectivity index is 0.000000228. The van der Waals surface area contributed by atoms with Crippen molar-refractivity contribution < 1.29 is 44.2 Å². The third kappa shape index (κ3) is 16.2. The molecular formula is C73H74ClF3N12O7S2. The Hall–Kier alpha value is -9.49. The van der Waals surface area contributed by atoms with Crippen molar-refractivity contribution in [3.05, 3.63) is 207 Å². The van der Waals surface area contributed by atoms with E-state index < -0.39 is 34.1 Å². The van der Waals surface area contributed by atoms with Crippen LogP contribution in [-0.4, -0.2) is 99.9 Å². The van der Waals surface area contributed by atoms with Crippen molar-refractivity contribution in [2.24, 2.45) is 31.5 Å². The monoisotopic (exact) mass is 1390 g/mol. The molecule has 2 aromatic heterocycles. The van der Waals surface area contributed by atoms with Gasteiger partial charge in [0.2, 0.25) is 22.7 Å². The minimum absolute atomic E-state index is 0.0155. The lowest BCUT2D eigenvalue weighted by Crippen LogP contribution is -2.37. The van der Waals surface area contributed by atoms with E-state index in [0.717, 1.165) is 50.8 Å². The average Bonchev–Trinajstić information content (AvgIpc) is 1.60. The number of aliphatic imine (C=N–C) groups is 2. The van der Waals surface area contributed by atoms with E-state index in [9.17, 15) is 26.4 Å². The normalized spacial score (nSPS) is 15.5. The highest BCUT2D eigenvalue weighted by Crippen LogP contribution is 2.42. The maximum Gasteiger partial charge on any atom is 0.418 e. The molecule has 98 heavy (non-hydrogen) atoms. The zero-order chi connectivity index (χ0) is 69.7. The number of alkyl halides is 3. The van der Waals surface area contributed by atoms with Crippen LogP contribution >= 0.6 is 11.6 Å². The predicted molar refractivity (Wildman–Crippen MR) is 380 cm³/mol. The largest absolute Gasteiger partial charge is 0.489 e. The molecule has 19 nitrogen and oxygen atoms in total. The molecule has 1 fully saturated rings. The molecule has 0 spiro atoms. The van der Waals surface area contributed by atoms with Gasteiger partial charge in [0, 0.05) is 57.7 Å². The number of nitrogens with zero attached hydrogens (tertiary/aromatic N) is 11. The third-order valence-electron chi connectivity index (χ3n) is 16.3. The molecule has 0 bridgehead atoms. The summed E-state index contributed by atoms with van der Waals surface area (Å²) < 4.78 is 96.4. The fourth-order valence-electron chi connectivity index (χ4n) is 10.5. The van der Waals surface area contributed by atoms with Crippen molar-refractivity contribution in [1.82, 2.24) is 29.7 Å². The molecule has 3 unspecified atom stereocenters. The van der Waals surface area contributed by atoms with Crippen molar-refractivity contribution >= 4 is 85.5 Å². The minimum Gasteiger partial charge on any atom is -0.489 e. The first kappa shape index (κ1) is 69.8. The summed E-state index contributed by atoms with van der Waals surface area (Å²) in [6.45, 7) is 24.5. The molecule has 1 saturated heterocycles. The number of carbonyl (C=O) groups excluding carboxylic acids is 1. The second-order valence-corrected chi connectivity index (χ2v) is 27.9. The molecule has 3 atom stereocenters. The van der Waals surface area contributed by atoms with E-state index in [-0.39, 0.29) is 57.7 Å². The fraction of sp³-hybridized carbons (Fsp3) is 0.301. The number of halogens is 4. The van der Waals surface area contributed by atoms with Gasteiger partial charge in [0.25, 0.3) is 5.90 Å². The van der Waals surface area contributed by atoms with Gasteiger partial charge in [0.05, 0.1) is 52.4 Å². The lowest BCUT2D eigenvalue weighted by molar-refractivity contribution is -0.137. The van der Waals surface area contributed by atoms with Crippen LogP contribution in [-0.2, 0) is 37.4 Å². The smallest absolute Gasteiger partial charge is 0.418 e. The Labute approximate surface area is 577 Å². The summed E-state index contributed by atoms with van der Waals surface area (Å²) in [5.41, 5.74) is 8.09. The summed E-state index contributed by atoms with van der Waals surface area (Å²) in [5, 5.41) is 18.8. The number of morpholine rings is 1. The van der Waals surface area contributed by atoms with E-state index in [0.29, 0.717) is 106 Å². The topological polar surface area (TPSA) is 214 Å². The van der Waals surface area contributed by atoms with E-state index in [4.69, 9.17) is 44.5 Å². The first-order valence-corrected chi connectivity index (χ1v) is 34.6. The number of rotatable bonds is 19. The number of carbonyl (C=O) groups is 1. The van der Waals surface area contributed by atoms with Crippen LogP contribution in [0.1, 0.15) is 136 Å². The van der Waals surface area contributed by atoms with Gasteiger partial charge < -0.3 is 22.7 Å². The zero-order valence-electron chi connectivity index (χ0n) is 56.0. The standard InChI is InChI=1S/C44H48F3N7O6S2.C29H26ClN5O/c1-7-29(6)26-58-38-24-31(27(2)3)23-35(28(4)5)40(38)59-62(56)52-32-15-13-30(14-16-32)41-49-42-39(43(51-54(42)50-41)60-61(55)34-11-9-8-10-12-34)48-33-17-18-37(36(25-33)44(45,46)47)53-19-21-57-22-20-53;1-17-6-9-19(10-7-17)25(36)20-11-13-21(14-12-20)27-32-28-24(26(29(3,4)5)33-35(28)34-27)31-23-15-8-18(2)16-22(23)30/h8-18,23-25,27-29,52H,7,19-22,26H2,1-6H3;6-16H,1-5H3. The van der Waals surface area contributed by atoms with Crippen molar-refractivity contribution in [2.45, 2.75) is 105 Å². The Morgan fingerprint density at radius 3 is 1.92 bits per heavy atom. The van der Waals surface area contributed by atoms with E-state index in [2.05, 4.69) is 84.5 Å². The Kier molecular flexibility index (Phi) is 21.2. The van der Waals surface area contributed by atoms with E-state index in [1.165, 1.54) is 16.9 Å². The molecule has 12 rings (SSSR count). The molecule has 0 amide bonds. The molecule has 508 valence electrons. The number of hydrogen-bond acceptors (Lipinski definition) is 16. The summed E-state index contributed by atoms with van der Waals surface area (Å²) >= 11 is 2.41. The number of aromatic nitrogens is 6. The lowest BCUT2D eigenvalue weighted by Gasteiger charge is -2.31. The molecule has 0 saturated carbocycles. The van der Waals surface area contributed by atoms with Gasteiger partial charge >= 0.3 is 17.4 Å². The van der Waals surface area contributed by atoms with Crippen LogP contribution in [0.3, 0.4) is 0 Å². The SMILES string of the molecule is CCC(C)COc1cc(C(C)C)cc(C(C)C)c1OS(=O)Nc1ccc(-c2nc3n(n2)N=C(OS(=O)c2ccccc2)C3=Nc2ccc(N3CCOCC3)c(C(F)(F)F)c2)cc1.Cc1ccc(C(=O)c2ccc(-c3nc4n(n3)N=C(C(C)(C)C)C4=Nc3ccc(C)cc3Cl)cc2)cc1. The lowest BCUT2D eigenvalue weighted by atomic mass is 9.87. The van der Waals surface area contributed by atoms with Crippen molar-refractivity contribution in [1.29, 1.82) is 0 Å². The zero-order valence-corrected chi connectivity index (χ0v) is 58.4. The van der Waals surface area contributed by atoms with E-state index >= 15 is 0 Å². The van der Waals surface area contributed by atoms with Crippen LogP contribution in [0.4, 0.5) is 35.9 Å². The van der Waals surface area contributed by atoms with Crippen LogP contribution in [0.5, 0.6) is 11.5 Å². The van der Waals surface area contributed by atoms with Gasteiger partial charge in [-0.05, 0) is 116 Å². The van der Waals surface area contributed by atoms with Crippen LogP contribution in [0, 0.1) is 25.2 Å². The molecule has 25 heteroatoms. The highest BCUT2D eigenvalue weighted by Gasteiger charge is 2.38. The number of nitrogens with one attached hydrogen (secondary N) is 1. The third-order valence-corrected chi connectivity index (χ3v) is 18.3. The van der Waals surface area contributed by atoms with Crippen LogP contribution in [0.25, 0.3) is 22.8 Å². The van der Waals surface area contributed by atoms with Crippen molar-refractivity contribution in [3.8, 4) is 34.3 Å². The quantitative estimate of drug-likeness (QED) is 0.0749. The first-order chi connectivity index (χ1) is 46.8. The van der Waals surface area contributed by atoms with Crippen LogP contribution in [0.15, 0.2) is 177 Å². The summed E-state index contributed by atoms with van der Waals surface area (Å²) in [5.74, 6) is 2.66. The highest BCUT2D eigenvalue weighted by atomic mass is 35.5. The van der Waals surface area contributed by atoms with Gasteiger partial charge in [-0.1, -0.05) is 165 Å². The molecule has 9 aromatic rings. The number of ether oxygens (including phenoxy) is 2. The van der Waals surface area contributed by atoms with Crippen LogP contribution < -0.4 is 18.5 Å². The second-order valence-electron chi connectivity index (χ2n) is 25.5. The number of ketones is 1. The van der Waals surface area contributed by atoms with Gasteiger partial charge in [-0.2, -0.15) is 22.5 Å². The van der Waals surface area contributed by atoms with Gasteiger partial charge in [-0.3, -0.25) is 9.52 Å². The fourth-order valence-corrected chi connectivity index (χ4v) is 12.2. The maximum atomic E-state index is 14.5. The summed E-state index contributed by atoms with van der Waals surface area (Å²) in [7, 11) is 0. The molecule has 1 N–H and O–H groups in total. The average molecular weight is 1390 g/mol. The predicted octanol–water partition coefficient (Wildman–Crippen LogP) is 16.4. The highest BCUT2D eigenvalue weighted by molar-refractivity contribution is 7.82. The van der Waals surface area contributed by atoms with Crippen molar-refractivity contribution in [2.75, 3.05) is 42.5 Å². The molecule has 3 aliphatic heterocycles. The Bertz CT molecular complexity index is 4600. The summed E-state index contributed by atoms with van der Waals surface area (Å²) in [6, 6.07) is 43.6. The van der Waals surface area contributed by atoms with Crippen LogP contribution in [0.2, 0.25) is 5.02 Å². The van der Waals surface area contributed by atoms with Gasteiger partial charge in [-0.25, -0.2) is 24.2 Å². The van der Waals surface area contributed by atoms with Crippen molar-refractivity contribution in [3.63, 3.8) is 0 Å². The number of benzene rings is 7. The molecule has 0 radical (unpaired) electrons. The maximum absolute atomic E-state index is 14.5. The Morgan fingerprint density at radius 1 is 0.704 bits per heavy atom. The van der Waals surface area contributed by atoms with E-state index in [1.54, 1.807) is 71.6 Å².